The van der Waals surface area contributed by atoms with Gasteiger partial charge in [-0.15, -0.1) is 0 Å². The van der Waals surface area contributed by atoms with Gasteiger partial charge < -0.3 is 14.3 Å². The van der Waals surface area contributed by atoms with Gasteiger partial charge in [-0.25, -0.2) is 4.79 Å². The van der Waals surface area contributed by atoms with E-state index in [4.69, 9.17) is 25.9 Å². The number of aliphatic hydroxyl groups is 1. The van der Waals surface area contributed by atoms with Crippen molar-refractivity contribution in [3.8, 4) is 11.3 Å². The lowest BCUT2D eigenvalue weighted by Gasteiger charge is -2.28. The van der Waals surface area contributed by atoms with E-state index in [0.717, 1.165) is 4.90 Å². The lowest BCUT2D eigenvalue weighted by atomic mass is 9.94. The summed E-state index contributed by atoms with van der Waals surface area (Å²) in [6.07, 6.45) is 3.25. The Balaban J connectivity index is 2.00. The third-order valence-electron chi connectivity index (χ3n) is 5.22. The Labute approximate surface area is 202 Å². The van der Waals surface area contributed by atoms with Crippen molar-refractivity contribution < 1.29 is 28.6 Å². The van der Waals surface area contributed by atoms with Crippen LogP contribution in [0.3, 0.4) is 0 Å². The van der Waals surface area contributed by atoms with E-state index in [-0.39, 0.29) is 42.3 Å². The summed E-state index contributed by atoms with van der Waals surface area (Å²) >= 11 is 6.14. The van der Waals surface area contributed by atoms with Crippen LogP contribution >= 0.6 is 11.6 Å². The maximum absolute atomic E-state index is 13.1. The van der Waals surface area contributed by atoms with Gasteiger partial charge in [0.25, 0.3) is 11.8 Å². The summed E-state index contributed by atoms with van der Waals surface area (Å²) in [6, 6.07) is 8.27. The van der Waals surface area contributed by atoms with Gasteiger partial charge in [0.2, 0.25) is 0 Å². The standard InChI is InChI=1S/C25H25ClN2O6/c1-4-33-25(32)19-12-16(6-8-21(19)26)22-9-7-17(34-22)13-18-15(2)20(14-27-3)24(31)28(23(18)30)10-5-11-29/h6-9,12-14,29H,4-5,10-11H2,1-3H3/b18-13-,27-14?. The van der Waals surface area contributed by atoms with Crippen LogP contribution in [0.2, 0.25) is 5.02 Å². The van der Waals surface area contributed by atoms with Gasteiger partial charge in [0.1, 0.15) is 11.5 Å². The lowest BCUT2D eigenvalue weighted by Crippen LogP contribution is -2.44. The predicted octanol–water partition coefficient (Wildman–Crippen LogP) is 3.93. The molecule has 34 heavy (non-hydrogen) atoms. The molecule has 1 N–H and O–H groups in total. The number of carbonyl (C=O) groups excluding carboxylic acids is 3. The van der Waals surface area contributed by atoms with Gasteiger partial charge in [-0.1, -0.05) is 11.6 Å². The molecule has 1 aliphatic heterocycles. The molecule has 8 nitrogen and oxygen atoms in total. The van der Waals surface area contributed by atoms with E-state index in [2.05, 4.69) is 4.99 Å². The van der Waals surface area contributed by atoms with Crippen molar-refractivity contribution in [1.82, 2.24) is 4.90 Å². The molecule has 178 valence electrons. The number of aliphatic hydroxyl groups excluding tert-OH is 1. The van der Waals surface area contributed by atoms with Crippen molar-refractivity contribution in [3.05, 3.63) is 63.4 Å². The summed E-state index contributed by atoms with van der Waals surface area (Å²) in [4.78, 5) is 43.0. The number of imide groups is 1. The van der Waals surface area contributed by atoms with Crippen molar-refractivity contribution in [2.45, 2.75) is 20.3 Å². The van der Waals surface area contributed by atoms with Gasteiger partial charge in [0.15, 0.2) is 0 Å². The summed E-state index contributed by atoms with van der Waals surface area (Å²) in [5.41, 5.74) is 1.90. The fourth-order valence-electron chi connectivity index (χ4n) is 3.50. The molecule has 0 saturated carbocycles. The van der Waals surface area contributed by atoms with Gasteiger partial charge in [0, 0.05) is 37.6 Å². The van der Waals surface area contributed by atoms with Crippen LogP contribution in [0.15, 0.2) is 56.5 Å². The molecule has 0 radical (unpaired) electrons. The highest BCUT2D eigenvalue weighted by atomic mass is 35.5. The maximum Gasteiger partial charge on any atom is 0.339 e. The molecule has 0 aliphatic carbocycles. The molecular formula is C25H25ClN2O6. The number of aliphatic imine (C=N–C) groups is 1. The number of hydrogen-bond donors (Lipinski definition) is 1. The molecule has 2 aromatic rings. The number of amides is 2. The molecule has 3 rings (SSSR count). The molecule has 0 saturated heterocycles. The molecule has 2 amide bonds. The van der Waals surface area contributed by atoms with Gasteiger partial charge in [-0.05, 0) is 62.2 Å². The molecule has 2 heterocycles. The highest BCUT2D eigenvalue weighted by molar-refractivity contribution is 6.33. The number of ether oxygens (including phenoxy) is 1. The minimum Gasteiger partial charge on any atom is -0.462 e. The Morgan fingerprint density at radius 3 is 2.68 bits per heavy atom. The first-order valence-electron chi connectivity index (χ1n) is 10.7. The van der Waals surface area contributed by atoms with Crippen molar-refractivity contribution in [3.63, 3.8) is 0 Å². The zero-order chi connectivity index (χ0) is 24.8. The Morgan fingerprint density at radius 2 is 2.00 bits per heavy atom. The topological polar surface area (TPSA) is 109 Å². The van der Waals surface area contributed by atoms with Gasteiger partial charge in [0.05, 0.1) is 22.8 Å². The van der Waals surface area contributed by atoms with E-state index in [1.165, 1.54) is 6.21 Å². The predicted molar refractivity (Wildman–Crippen MR) is 129 cm³/mol. The third-order valence-corrected chi connectivity index (χ3v) is 5.55. The Bertz CT molecular complexity index is 1210. The van der Waals surface area contributed by atoms with Crippen LogP contribution in [-0.2, 0) is 14.3 Å². The van der Waals surface area contributed by atoms with Crippen LogP contribution in [0.4, 0.5) is 0 Å². The number of nitrogens with zero attached hydrogens (tertiary/aromatic N) is 2. The van der Waals surface area contributed by atoms with Crippen molar-refractivity contribution in [1.29, 1.82) is 0 Å². The Morgan fingerprint density at radius 1 is 1.24 bits per heavy atom. The SMILES string of the molecule is CCOC(=O)c1cc(-c2ccc(/C=C3\C(=O)N(CCCO)C(=O)C(C=NC)=C3C)o2)ccc1Cl. The van der Waals surface area contributed by atoms with Crippen LogP contribution in [-0.4, -0.2) is 60.8 Å². The summed E-state index contributed by atoms with van der Waals surface area (Å²) in [6.45, 7) is 3.55. The number of furan rings is 1. The van der Waals surface area contributed by atoms with Crippen LogP contribution < -0.4 is 0 Å². The van der Waals surface area contributed by atoms with Gasteiger partial charge in [-0.3, -0.25) is 19.5 Å². The monoisotopic (exact) mass is 484 g/mol. The zero-order valence-corrected chi connectivity index (χ0v) is 19.9. The summed E-state index contributed by atoms with van der Waals surface area (Å²) < 4.78 is 11.0. The average Bonchev–Trinajstić information content (AvgIpc) is 3.28. The minimum absolute atomic E-state index is 0.0880. The normalized spacial score (nSPS) is 15.7. The van der Waals surface area contributed by atoms with Crippen LogP contribution in [0, 0.1) is 0 Å². The van der Waals surface area contributed by atoms with Crippen LogP contribution in [0.5, 0.6) is 0 Å². The minimum atomic E-state index is -0.533. The molecule has 1 aromatic carbocycles. The van der Waals surface area contributed by atoms with Gasteiger partial charge >= 0.3 is 5.97 Å². The molecule has 0 fully saturated rings. The largest absolute Gasteiger partial charge is 0.462 e. The van der Waals surface area contributed by atoms with Crippen LogP contribution in [0.1, 0.15) is 36.4 Å². The fourth-order valence-corrected chi connectivity index (χ4v) is 3.70. The van der Waals surface area contributed by atoms with Crippen LogP contribution in [0.25, 0.3) is 17.4 Å². The van der Waals surface area contributed by atoms with E-state index < -0.39 is 17.8 Å². The van der Waals surface area contributed by atoms with E-state index in [1.807, 2.05) is 0 Å². The first-order chi connectivity index (χ1) is 16.3. The molecule has 1 aliphatic rings. The summed E-state index contributed by atoms with van der Waals surface area (Å²) in [7, 11) is 1.54. The number of benzene rings is 1. The van der Waals surface area contributed by atoms with E-state index in [0.29, 0.717) is 28.2 Å². The molecule has 0 atom stereocenters. The number of esters is 1. The molecule has 0 spiro atoms. The average molecular weight is 485 g/mol. The number of carbonyl (C=O) groups is 3. The summed E-state index contributed by atoms with van der Waals surface area (Å²) in [5, 5.41) is 9.42. The molecule has 1 aromatic heterocycles. The summed E-state index contributed by atoms with van der Waals surface area (Å²) in [5.74, 6) is -0.614. The Kier molecular flexibility index (Phi) is 8.20. The molecule has 0 unspecified atom stereocenters. The number of hydrogen-bond acceptors (Lipinski definition) is 7. The second-order valence-electron chi connectivity index (χ2n) is 7.44. The quantitative estimate of drug-likeness (QED) is 0.263. The van der Waals surface area contributed by atoms with Crippen molar-refractivity contribution in [2.75, 3.05) is 26.8 Å². The first kappa shape index (κ1) is 25.1. The van der Waals surface area contributed by atoms with E-state index >= 15 is 0 Å². The van der Waals surface area contributed by atoms with Crippen molar-refractivity contribution >= 4 is 41.7 Å². The van der Waals surface area contributed by atoms with E-state index in [1.54, 1.807) is 57.3 Å². The molecule has 9 heteroatoms. The smallest absolute Gasteiger partial charge is 0.339 e. The number of halogens is 1. The number of rotatable bonds is 8. The first-order valence-corrected chi connectivity index (χ1v) is 11.1. The van der Waals surface area contributed by atoms with Gasteiger partial charge in [-0.2, -0.15) is 0 Å². The zero-order valence-electron chi connectivity index (χ0n) is 19.1. The fraction of sp³-hybridized carbons (Fsp3) is 0.280. The highest BCUT2D eigenvalue weighted by Crippen LogP contribution is 2.31. The molecular weight excluding hydrogens is 460 g/mol. The van der Waals surface area contributed by atoms with E-state index in [9.17, 15) is 14.4 Å². The highest BCUT2D eigenvalue weighted by Gasteiger charge is 2.34. The van der Waals surface area contributed by atoms with Crippen molar-refractivity contribution in [2.24, 2.45) is 4.99 Å². The lowest BCUT2D eigenvalue weighted by molar-refractivity contribution is -0.140. The Hall–Kier alpha value is -3.49. The molecule has 0 bridgehead atoms. The second kappa shape index (κ2) is 11.1. The third kappa shape index (κ3) is 5.18. The second-order valence-corrected chi connectivity index (χ2v) is 7.85. The maximum atomic E-state index is 13.1.